The molecule has 2 unspecified atom stereocenters. The summed E-state index contributed by atoms with van der Waals surface area (Å²) in [6, 6.07) is 5.18. The summed E-state index contributed by atoms with van der Waals surface area (Å²) in [5.41, 5.74) is -0.371. The van der Waals surface area contributed by atoms with Crippen LogP contribution in [0.15, 0.2) is 30.6 Å². The summed E-state index contributed by atoms with van der Waals surface area (Å²) in [4.78, 5) is 10.3. The molecule has 3 rings (SSSR count). The van der Waals surface area contributed by atoms with E-state index in [0.717, 1.165) is 31.5 Å². The Kier molecular flexibility index (Phi) is 5.40. The first-order chi connectivity index (χ1) is 12.1. The Labute approximate surface area is 144 Å². The summed E-state index contributed by atoms with van der Waals surface area (Å²) in [5, 5.41) is 22.4. The largest absolute Gasteiger partial charge is 0.394 e. The van der Waals surface area contributed by atoms with Crippen LogP contribution < -0.4 is 10.2 Å². The Hall–Kier alpha value is -2.32. The van der Waals surface area contributed by atoms with Crippen molar-refractivity contribution in [1.29, 1.82) is 0 Å². The van der Waals surface area contributed by atoms with Gasteiger partial charge in [0, 0.05) is 19.2 Å². The average Bonchev–Trinajstić information content (AvgIpc) is 3.09. The normalized spacial score (nSPS) is 18.4. The van der Waals surface area contributed by atoms with Gasteiger partial charge in [0.05, 0.1) is 18.2 Å². The van der Waals surface area contributed by atoms with E-state index in [1.54, 1.807) is 6.07 Å². The van der Waals surface area contributed by atoms with Crippen LogP contribution in [0.4, 0.5) is 20.4 Å². The second-order valence-electron chi connectivity index (χ2n) is 5.97. The van der Waals surface area contributed by atoms with Crippen molar-refractivity contribution in [3.8, 4) is 0 Å². The molecule has 134 valence electrons. The van der Waals surface area contributed by atoms with Crippen LogP contribution in [0, 0.1) is 11.6 Å². The van der Waals surface area contributed by atoms with E-state index >= 15 is 0 Å². The Balaban J connectivity index is 1.68. The summed E-state index contributed by atoms with van der Waals surface area (Å²) < 4.78 is 27.4. The van der Waals surface area contributed by atoms with E-state index in [-0.39, 0.29) is 24.8 Å². The molecule has 0 spiro atoms. The maximum Gasteiger partial charge on any atom is 0.134 e. The number of nitrogens with zero attached hydrogens (tertiary/aromatic N) is 3. The van der Waals surface area contributed by atoms with Crippen LogP contribution in [-0.2, 0) is 0 Å². The summed E-state index contributed by atoms with van der Waals surface area (Å²) in [7, 11) is 0. The maximum atomic E-state index is 13.7. The summed E-state index contributed by atoms with van der Waals surface area (Å²) in [6.45, 7) is 0.751. The minimum atomic E-state index is -1.35. The van der Waals surface area contributed by atoms with E-state index in [9.17, 15) is 19.0 Å². The third-order valence-corrected chi connectivity index (χ3v) is 4.34. The minimum Gasteiger partial charge on any atom is -0.394 e. The third kappa shape index (κ3) is 3.85. The number of aliphatic hydroxyl groups excluding tert-OH is 2. The number of hydrogen-bond donors (Lipinski definition) is 3. The fraction of sp³-hybridized carbons (Fsp3) is 0.412. The fourth-order valence-corrected chi connectivity index (χ4v) is 3.06. The number of aliphatic hydroxyl groups is 2. The Morgan fingerprint density at radius 2 is 2.04 bits per heavy atom. The molecule has 0 saturated carbocycles. The maximum absolute atomic E-state index is 13.7. The lowest BCUT2D eigenvalue weighted by Crippen LogP contribution is -2.32. The predicted octanol–water partition coefficient (Wildman–Crippen LogP) is 1.86. The molecule has 0 radical (unpaired) electrons. The molecule has 3 N–H and O–H groups in total. The standard InChI is InChI=1S/C17H20F2N4O2/c18-12-4-1-5-13(19)17(12)14(25)8-20-15-7-16(22-10-21-15)23-6-2-3-11(23)9-24/h1,4-5,7,10-11,14,24-25H,2-3,6,8-9H2,(H,20,21,22). The van der Waals surface area contributed by atoms with E-state index in [4.69, 9.17) is 0 Å². The second kappa shape index (κ2) is 7.71. The molecule has 6 nitrogen and oxygen atoms in total. The van der Waals surface area contributed by atoms with Crippen molar-refractivity contribution in [2.24, 2.45) is 0 Å². The van der Waals surface area contributed by atoms with Crippen molar-refractivity contribution < 1.29 is 19.0 Å². The van der Waals surface area contributed by atoms with Gasteiger partial charge < -0.3 is 20.4 Å². The monoisotopic (exact) mass is 350 g/mol. The number of anilines is 2. The van der Waals surface area contributed by atoms with Crippen LogP contribution in [0.1, 0.15) is 24.5 Å². The lowest BCUT2D eigenvalue weighted by molar-refractivity contribution is 0.181. The molecular weight excluding hydrogens is 330 g/mol. The topological polar surface area (TPSA) is 81.5 Å². The average molecular weight is 350 g/mol. The molecular formula is C17H20F2N4O2. The lowest BCUT2D eigenvalue weighted by Gasteiger charge is -2.24. The van der Waals surface area contributed by atoms with Crippen LogP contribution in [0.3, 0.4) is 0 Å². The molecule has 1 aromatic heterocycles. The first-order valence-electron chi connectivity index (χ1n) is 8.15. The Bertz CT molecular complexity index is 711. The van der Waals surface area contributed by atoms with E-state index in [2.05, 4.69) is 15.3 Å². The molecule has 1 fully saturated rings. The van der Waals surface area contributed by atoms with Gasteiger partial charge in [0.15, 0.2) is 0 Å². The van der Waals surface area contributed by atoms with Gasteiger partial charge in [-0.1, -0.05) is 6.07 Å². The van der Waals surface area contributed by atoms with Gasteiger partial charge in [0.2, 0.25) is 0 Å². The summed E-state index contributed by atoms with van der Waals surface area (Å²) in [6.07, 6.45) is 1.90. The number of rotatable bonds is 6. The van der Waals surface area contributed by atoms with Gasteiger partial charge in [0.1, 0.15) is 35.7 Å². The van der Waals surface area contributed by atoms with Gasteiger partial charge >= 0.3 is 0 Å². The number of nitrogens with one attached hydrogen (secondary N) is 1. The van der Waals surface area contributed by atoms with Crippen LogP contribution in [-0.4, -0.2) is 45.9 Å². The van der Waals surface area contributed by atoms with Crippen molar-refractivity contribution in [1.82, 2.24) is 9.97 Å². The quantitative estimate of drug-likeness (QED) is 0.738. The smallest absolute Gasteiger partial charge is 0.134 e. The van der Waals surface area contributed by atoms with E-state index in [1.807, 2.05) is 4.90 Å². The first kappa shape index (κ1) is 17.5. The highest BCUT2D eigenvalue weighted by atomic mass is 19.1. The third-order valence-electron chi connectivity index (χ3n) is 4.34. The first-order valence-corrected chi connectivity index (χ1v) is 8.15. The van der Waals surface area contributed by atoms with E-state index in [0.29, 0.717) is 11.6 Å². The van der Waals surface area contributed by atoms with Gasteiger partial charge in [-0.2, -0.15) is 0 Å². The number of hydrogen-bond acceptors (Lipinski definition) is 6. The highest BCUT2D eigenvalue weighted by Crippen LogP contribution is 2.25. The fourth-order valence-electron chi connectivity index (χ4n) is 3.06. The Morgan fingerprint density at radius 1 is 1.28 bits per heavy atom. The molecule has 0 aliphatic carbocycles. The molecule has 2 aromatic rings. The highest BCUT2D eigenvalue weighted by molar-refractivity contribution is 5.50. The second-order valence-corrected chi connectivity index (χ2v) is 5.97. The van der Waals surface area contributed by atoms with Crippen molar-refractivity contribution in [3.63, 3.8) is 0 Å². The van der Waals surface area contributed by atoms with Crippen molar-refractivity contribution >= 4 is 11.6 Å². The lowest BCUT2D eigenvalue weighted by atomic mass is 10.1. The van der Waals surface area contributed by atoms with Crippen LogP contribution in [0.5, 0.6) is 0 Å². The minimum absolute atomic E-state index is 0.0286. The SMILES string of the molecule is OCC1CCCN1c1cc(NCC(O)c2c(F)cccc2F)ncn1. The van der Waals surface area contributed by atoms with Crippen molar-refractivity contribution in [2.45, 2.75) is 25.0 Å². The van der Waals surface area contributed by atoms with Crippen LogP contribution in [0.25, 0.3) is 0 Å². The van der Waals surface area contributed by atoms with Gasteiger partial charge in [0.25, 0.3) is 0 Å². The predicted molar refractivity (Wildman–Crippen MR) is 89.3 cm³/mol. The molecule has 1 aliphatic heterocycles. The Morgan fingerprint density at radius 3 is 2.76 bits per heavy atom. The summed E-state index contributed by atoms with van der Waals surface area (Å²) >= 11 is 0. The summed E-state index contributed by atoms with van der Waals surface area (Å²) in [5.74, 6) is -0.480. The van der Waals surface area contributed by atoms with Gasteiger partial charge in [-0.25, -0.2) is 18.7 Å². The van der Waals surface area contributed by atoms with E-state index in [1.165, 1.54) is 12.4 Å². The molecule has 1 aromatic carbocycles. The highest BCUT2D eigenvalue weighted by Gasteiger charge is 2.25. The molecule has 0 amide bonds. The van der Waals surface area contributed by atoms with Gasteiger partial charge in [-0.3, -0.25) is 0 Å². The van der Waals surface area contributed by atoms with Gasteiger partial charge in [-0.15, -0.1) is 0 Å². The zero-order chi connectivity index (χ0) is 17.8. The zero-order valence-electron chi connectivity index (χ0n) is 13.6. The molecule has 8 heteroatoms. The van der Waals surface area contributed by atoms with Crippen LogP contribution in [0.2, 0.25) is 0 Å². The van der Waals surface area contributed by atoms with Gasteiger partial charge in [-0.05, 0) is 25.0 Å². The molecule has 1 aliphatic rings. The molecule has 0 bridgehead atoms. The molecule has 2 heterocycles. The van der Waals surface area contributed by atoms with E-state index < -0.39 is 17.7 Å². The van der Waals surface area contributed by atoms with Crippen molar-refractivity contribution in [2.75, 3.05) is 29.9 Å². The number of halogens is 2. The van der Waals surface area contributed by atoms with Crippen LogP contribution >= 0.6 is 0 Å². The number of aromatic nitrogens is 2. The molecule has 1 saturated heterocycles. The molecule has 2 atom stereocenters. The number of benzene rings is 1. The molecule has 25 heavy (non-hydrogen) atoms. The van der Waals surface area contributed by atoms with Crippen molar-refractivity contribution in [3.05, 3.63) is 47.8 Å². The zero-order valence-corrected chi connectivity index (χ0v) is 13.6.